The van der Waals surface area contributed by atoms with Gasteiger partial charge in [0.05, 0.1) is 22.7 Å². The van der Waals surface area contributed by atoms with Gasteiger partial charge in [0.15, 0.2) is 8.07 Å². The van der Waals surface area contributed by atoms with Crippen LogP contribution in [0.25, 0.3) is 33.4 Å². The van der Waals surface area contributed by atoms with Gasteiger partial charge in [0.1, 0.15) is 24.0 Å². The first-order chi connectivity index (χ1) is 37.6. The van der Waals surface area contributed by atoms with E-state index >= 15 is 0 Å². The SMILES string of the molecule is CC(C)(C)c1cc(-c2cccc(-c3ccccc3)c2N2CN(c3cccc(Oc4ccc5c(c4)N(c4cc(C(C)(C)C)ccn4)c4ccccc4[Si]54c5ccccc5-c5ccccc54)c3)c3ccccc32)cc(C(C)(C)C)c1. The second kappa shape index (κ2) is 18.4. The van der Waals surface area contributed by atoms with Gasteiger partial charge in [-0.2, -0.15) is 0 Å². The minimum absolute atomic E-state index is 0.0329. The Balaban J connectivity index is 0.929. The van der Waals surface area contributed by atoms with Gasteiger partial charge < -0.3 is 14.5 Å². The molecule has 0 amide bonds. The first-order valence-electron chi connectivity index (χ1n) is 27.5. The molecule has 384 valence electrons. The average Bonchev–Trinajstić information content (AvgIpc) is 4.10. The molecule has 0 unspecified atom stereocenters. The highest BCUT2D eigenvalue weighted by atomic mass is 28.3. The van der Waals surface area contributed by atoms with Crippen molar-refractivity contribution in [2.24, 2.45) is 0 Å². The summed E-state index contributed by atoms with van der Waals surface area (Å²) in [4.78, 5) is 12.5. The van der Waals surface area contributed by atoms with E-state index in [9.17, 15) is 0 Å². The third kappa shape index (κ3) is 8.07. The van der Waals surface area contributed by atoms with Crippen LogP contribution in [0.3, 0.4) is 0 Å². The monoisotopic (exact) mass is 1030 g/mol. The largest absolute Gasteiger partial charge is 0.457 e. The summed E-state index contributed by atoms with van der Waals surface area (Å²) in [6, 6.07) is 81.0. The second-order valence-electron chi connectivity index (χ2n) is 24.5. The molecular formula is C72H66N4OSi. The van der Waals surface area contributed by atoms with Crippen LogP contribution in [0.5, 0.6) is 11.5 Å². The smallest absolute Gasteiger partial charge is 0.185 e. The summed E-state index contributed by atoms with van der Waals surface area (Å²) >= 11 is 0. The average molecular weight is 1030 g/mol. The van der Waals surface area contributed by atoms with Crippen molar-refractivity contribution in [1.82, 2.24) is 4.98 Å². The van der Waals surface area contributed by atoms with Gasteiger partial charge in [0.2, 0.25) is 0 Å². The maximum absolute atomic E-state index is 7.14. The van der Waals surface area contributed by atoms with E-state index in [1.54, 1.807) is 0 Å². The Kier molecular flexibility index (Phi) is 11.6. The van der Waals surface area contributed by atoms with Gasteiger partial charge in [-0.05, 0) is 124 Å². The van der Waals surface area contributed by atoms with Crippen molar-refractivity contribution < 1.29 is 4.74 Å². The normalized spacial score (nSPS) is 14.2. The number of pyridine rings is 1. The number of aromatic nitrogens is 1. The van der Waals surface area contributed by atoms with Gasteiger partial charge >= 0.3 is 0 Å². The molecule has 1 aromatic heterocycles. The minimum atomic E-state index is -2.85. The molecule has 9 aromatic carbocycles. The van der Waals surface area contributed by atoms with Gasteiger partial charge in [0.25, 0.3) is 0 Å². The zero-order valence-corrected chi connectivity index (χ0v) is 47.3. The summed E-state index contributed by atoms with van der Waals surface area (Å²) in [5.74, 6) is 2.43. The lowest BCUT2D eigenvalue weighted by Gasteiger charge is -2.43. The maximum Gasteiger partial charge on any atom is 0.185 e. The molecule has 78 heavy (non-hydrogen) atoms. The highest BCUT2D eigenvalue weighted by molar-refractivity contribution is 7.23. The van der Waals surface area contributed by atoms with E-state index < -0.39 is 8.07 Å². The molecule has 0 radical (unpaired) electrons. The minimum Gasteiger partial charge on any atom is -0.457 e. The van der Waals surface area contributed by atoms with E-state index in [2.05, 4.69) is 295 Å². The summed E-state index contributed by atoms with van der Waals surface area (Å²) in [5, 5.41) is 5.53. The standard InChI is InChI=1S/C72H66N4OSi/c1-70(2,3)50-39-40-73-68(44-50)76-62-33-17-20-36-66(62)78(64-34-18-13-27-58(64)59-28-14-19-35-65(59)78)67-38-37-55(46-63(67)76)77-54-26-21-25-53(45-54)74-47-75(61-32-16-15-31-60(61)74)69-56(48-23-11-10-12-24-48)29-22-30-57(69)49-41-51(71(4,5)6)43-52(42-49)72(7,8)9/h10-46H,47H2,1-9H3. The maximum atomic E-state index is 7.14. The van der Waals surface area contributed by atoms with Crippen LogP contribution >= 0.6 is 0 Å². The lowest BCUT2D eigenvalue weighted by atomic mass is 9.78. The number of fused-ring (bicyclic) bond motifs is 10. The fourth-order valence-electron chi connectivity index (χ4n) is 12.5. The number of rotatable bonds is 7. The molecule has 3 aliphatic heterocycles. The molecule has 4 heterocycles. The van der Waals surface area contributed by atoms with Crippen molar-refractivity contribution in [3.8, 4) is 44.9 Å². The van der Waals surface area contributed by atoms with Crippen LogP contribution in [0.2, 0.25) is 0 Å². The van der Waals surface area contributed by atoms with Gasteiger partial charge in [-0.3, -0.25) is 4.90 Å². The topological polar surface area (TPSA) is 31.8 Å². The summed E-state index contributed by atoms with van der Waals surface area (Å²) in [6.07, 6.45) is 1.97. The molecular weight excluding hydrogens is 965 g/mol. The number of ether oxygens (including phenoxy) is 1. The molecule has 5 nitrogen and oxygen atoms in total. The molecule has 13 rings (SSSR count). The Bertz CT molecular complexity index is 3890. The third-order valence-electron chi connectivity index (χ3n) is 16.4. The Morgan fingerprint density at radius 3 is 1.56 bits per heavy atom. The van der Waals surface area contributed by atoms with Gasteiger partial charge in [-0.1, -0.05) is 220 Å². The number of anilines is 7. The quantitative estimate of drug-likeness (QED) is 0.149. The first-order valence-corrected chi connectivity index (χ1v) is 29.5. The first kappa shape index (κ1) is 49.1. The second-order valence-corrected chi connectivity index (χ2v) is 28.1. The van der Waals surface area contributed by atoms with Crippen LogP contribution < -0.4 is 40.2 Å². The number of hydrogen-bond acceptors (Lipinski definition) is 5. The van der Waals surface area contributed by atoms with Crippen LogP contribution in [0, 0.1) is 0 Å². The van der Waals surface area contributed by atoms with Crippen LogP contribution in [0.15, 0.2) is 225 Å². The Morgan fingerprint density at radius 1 is 0.385 bits per heavy atom. The Hall–Kier alpha value is -8.45. The number of para-hydroxylation sites is 4. The highest BCUT2D eigenvalue weighted by Crippen LogP contribution is 2.51. The Morgan fingerprint density at radius 2 is 0.910 bits per heavy atom. The molecule has 1 spiro atoms. The summed E-state index contributed by atoms with van der Waals surface area (Å²) < 4.78 is 7.14. The predicted octanol–water partition coefficient (Wildman–Crippen LogP) is 16.5. The molecule has 0 saturated carbocycles. The molecule has 6 heteroatoms. The van der Waals surface area contributed by atoms with Crippen LogP contribution in [0.4, 0.5) is 39.9 Å². The molecule has 0 saturated heterocycles. The molecule has 0 aliphatic carbocycles. The van der Waals surface area contributed by atoms with Crippen molar-refractivity contribution in [2.75, 3.05) is 21.4 Å². The molecule has 10 aromatic rings. The number of hydrogen-bond donors (Lipinski definition) is 0. The van der Waals surface area contributed by atoms with Gasteiger partial charge in [0, 0.05) is 40.8 Å². The van der Waals surface area contributed by atoms with E-state index in [0.717, 1.165) is 45.8 Å². The van der Waals surface area contributed by atoms with Crippen LogP contribution in [-0.4, -0.2) is 19.7 Å². The van der Waals surface area contributed by atoms with E-state index in [-0.39, 0.29) is 16.2 Å². The zero-order chi connectivity index (χ0) is 53.7. The number of nitrogens with zero attached hydrogens (tertiary/aromatic N) is 4. The van der Waals surface area contributed by atoms with Crippen molar-refractivity contribution in [2.45, 2.75) is 78.6 Å². The lowest BCUT2D eigenvalue weighted by Crippen LogP contribution is -2.75. The summed E-state index contributed by atoms with van der Waals surface area (Å²) in [7, 11) is -2.85. The van der Waals surface area contributed by atoms with Crippen molar-refractivity contribution in [3.05, 3.63) is 241 Å². The molecule has 0 N–H and O–H groups in total. The lowest BCUT2D eigenvalue weighted by molar-refractivity contribution is 0.483. The van der Waals surface area contributed by atoms with E-state index in [0.29, 0.717) is 6.67 Å². The number of benzene rings is 9. The van der Waals surface area contributed by atoms with E-state index in [1.165, 1.54) is 76.5 Å². The zero-order valence-electron chi connectivity index (χ0n) is 46.3. The fraction of sp³-hybridized carbons (Fsp3) is 0.181. The summed E-state index contributed by atoms with van der Waals surface area (Å²) in [5.41, 5.74) is 18.0. The van der Waals surface area contributed by atoms with Crippen LogP contribution in [-0.2, 0) is 16.2 Å². The fourth-order valence-corrected chi connectivity index (χ4v) is 18.0. The van der Waals surface area contributed by atoms with Gasteiger partial charge in [-0.25, -0.2) is 4.98 Å². The van der Waals surface area contributed by atoms with E-state index in [4.69, 9.17) is 9.72 Å². The predicted molar refractivity (Wildman–Crippen MR) is 331 cm³/mol. The van der Waals surface area contributed by atoms with Gasteiger partial charge in [-0.15, -0.1) is 0 Å². The molecule has 3 aliphatic rings. The van der Waals surface area contributed by atoms with E-state index in [1.807, 2.05) is 6.20 Å². The van der Waals surface area contributed by atoms with Crippen LogP contribution in [0.1, 0.15) is 79.0 Å². The highest BCUT2D eigenvalue weighted by Gasteiger charge is 2.54. The van der Waals surface area contributed by atoms with Crippen molar-refractivity contribution in [1.29, 1.82) is 0 Å². The molecule has 0 bridgehead atoms. The van der Waals surface area contributed by atoms with Crippen molar-refractivity contribution >= 4 is 68.8 Å². The van der Waals surface area contributed by atoms with Crippen molar-refractivity contribution in [3.63, 3.8) is 0 Å². The Labute approximate surface area is 462 Å². The molecule has 0 fully saturated rings. The third-order valence-corrected chi connectivity index (χ3v) is 21.4. The summed E-state index contributed by atoms with van der Waals surface area (Å²) in [6.45, 7) is 21.3. The molecule has 0 atom stereocenters.